The molecule has 1 aliphatic heterocycles. The number of carbonyl (C=O) groups is 2. The molecule has 3 N–H and O–H groups in total. The fraction of sp³-hybridized carbons (Fsp3) is 0.269. The smallest absolute Gasteiger partial charge is 0.281 e. The summed E-state index contributed by atoms with van der Waals surface area (Å²) in [7, 11) is -3.99. The number of nitrogens with zero attached hydrogens (tertiary/aromatic N) is 1. The predicted octanol–water partition coefficient (Wildman–Crippen LogP) is 3.59. The first-order valence-electron chi connectivity index (χ1n) is 11.7. The van der Waals surface area contributed by atoms with Gasteiger partial charge in [0.1, 0.15) is 11.4 Å². The molecule has 2 heterocycles. The van der Waals surface area contributed by atoms with E-state index in [1.807, 2.05) is 50.2 Å². The molecule has 2 amide bonds. The molecular formula is C26H27ClN4O5S. The van der Waals surface area contributed by atoms with Gasteiger partial charge in [0.25, 0.3) is 11.8 Å². The van der Waals surface area contributed by atoms with Gasteiger partial charge in [-0.05, 0) is 61.6 Å². The molecule has 0 atom stereocenters. The lowest BCUT2D eigenvalue weighted by atomic mass is 10.1. The summed E-state index contributed by atoms with van der Waals surface area (Å²) >= 11 is 6.22. The molecule has 0 saturated heterocycles. The first kappa shape index (κ1) is 26.4. The molecule has 11 heteroatoms. The zero-order chi connectivity index (χ0) is 26.6. The van der Waals surface area contributed by atoms with E-state index in [4.69, 9.17) is 16.3 Å². The Hall–Kier alpha value is -3.63. The highest BCUT2D eigenvalue weighted by molar-refractivity contribution is 7.90. The minimum atomic E-state index is -3.99. The molecule has 1 aromatic heterocycles. The molecule has 3 aromatic rings. The third kappa shape index (κ3) is 6.39. The number of aromatic amines is 1. The largest absolute Gasteiger partial charge is 0.494 e. The molecule has 1 aliphatic rings. The van der Waals surface area contributed by atoms with Gasteiger partial charge in [-0.2, -0.15) is 0 Å². The number of benzene rings is 2. The van der Waals surface area contributed by atoms with Crippen LogP contribution in [-0.2, 0) is 21.2 Å². The van der Waals surface area contributed by atoms with Gasteiger partial charge < -0.3 is 15.0 Å². The molecule has 2 aromatic carbocycles. The number of rotatable bonds is 11. The van der Waals surface area contributed by atoms with Crippen molar-refractivity contribution < 1.29 is 22.7 Å². The van der Waals surface area contributed by atoms with Gasteiger partial charge in [-0.25, -0.2) is 13.1 Å². The van der Waals surface area contributed by atoms with Gasteiger partial charge in [0.15, 0.2) is 0 Å². The molecule has 0 spiro atoms. The lowest BCUT2D eigenvalue weighted by molar-refractivity contribution is -0.116. The highest BCUT2D eigenvalue weighted by Crippen LogP contribution is 2.27. The number of sulfonamides is 1. The van der Waals surface area contributed by atoms with Crippen molar-refractivity contribution in [2.75, 3.05) is 18.9 Å². The molecule has 9 nitrogen and oxygen atoms in total. The molecule has 0 bridgehead atoms. The highest BCUT2D eigenvalue weighted by Gasteiger charge is 2.22. The van der Waals surface area contributed by atoms with Gasteiger partial charge in [0.2, 0.25) is 10.0 Å². The van der Waals surface area contributed by atoms with Crippen molar-refractivity contribution in [1.82, 2.24) is 15.0 Å². The van der Waals surface area contributed by atoms with Crippen LogP contribution in [0.25, 0.3) is 10.9 Å². The summed E-state index contributed by atoms with van der Waals surface area (Å²) in [5.41, 5.74) is 3.86. The van der Waals surface area contributed by atoms with Gasteiger partial charge in [-0.1, -0.05) is 29.8 Å². The van der Waals surface area contributed by atoms with Crippen LogP contribution in [0.15, 0.2) is 53.2 Å². The Morgan fingerprint density at radius 1 is 1.11 bits per heavy atom. The van der Waals surface area contributed by atoms with Crippen LogP contribution in [0.2, 0.25) is 5.02 Å². The second kappa shape index (κ2) is 11.2. The number of nitrogens with one attached hydrogen (secondary N) is 3. The summed E-state index contributed by atoms with van der Waals surface area (Å²) in [6.07, 6.45) is 3.85. The van der Waals surface area contributed by atoms with E-state index in [1.54, 1.807) is 0 Å². The van der Waals surface area contributed by atoms with E-state index < -0.39 is 27.6 Å². The van der Waals surface area contributed by atoms with Crippen LogP contribution in [0, 0.1) is 13.8 Å². The fourth-order valence-electron chi connectivity index (χ4n) is 3.99. The first-order chi connectivity index (χ1) is 17.6. The van der Waals surface area contributed by atoms with E-state index in [2.05, 4.69) is 20.0 Å². The normalized spacial score (nSPS) is 12.7. The summed E-state index contributed by atoms with van der Waals surface area (Å²) in [4.78, 5) is 31.5. The predicted molar refractivity (Wildman–Crippen MR) is 144 cm³/mol. The Morgan fingerprint density at radius 3 is 2.49 bits per heavy atom. The number of aryl methyl sites for hydroxylation is 3. The van der Waals surface area contributed by atoms with Crippen LogP contribution < -0.4 is 14.8 Å². The van der Waals surface area contributed by atoms with Crippen LogP contribution in [0.3, 0.4) is 0 Å². The summed E-state index contributed by atoms with van der Waals surface area (Å²) in [6, 6.07) is 11.2. The summed E-state index contributed by atoms with van der Waals surface area (Å²) in [6.45, 7) is 4.09. The number of amides is 2. The molecule has 194 valence electrons. The number of para-hydroxylation sites is 1. The third-order valence-electron chi connectivity index (χ3n) is 5.88. The van der Waals surface area contributed by atoms with Crippen molar-refractivity contribution in [3.8, 4) is 5.75 Å². The van der Waals surface area contributed by atoms with E-state index >= 15 is 0 Å². The summed E-state index contributed by atoms with van der Waals surface area (Å²) in [5.74, 6) is -0.898. The molecule has 37 heavy (non-hydrogen) atoms. The van der Waals surface area contributed by atoms with Gasteiger partial charge >= 0.3 is 0 Å². The zero-order valence-corrected chi connectivity index (χ0v) is 22.0. The molecule has 4 rings (SSSR count). The maximum absolute atomic E-state index is 13.0. The Morgan fingerprint density at radius 2 is 1.81 bits per heavy atom. The third-order valence-corrected chi connectivity index (χ3v) is 7.72. The van der Waals surface area contributed by atoms with Crippen LogP contribution in [0.5, 0.6) is 5.75 Å². The van der Waals surface area contributed by atoms with Gasteiger partial charge in [0, 0.05) is 34.9 Å². The minimum absolute atomic E-state index is 0.146. The van der Waals surface area contributed by atoms with Crippen molar-refractivity contribution in [2.45, 2.75) is 26.7 Å². The van der Waals surface area contributed by atoms with E-state index in [0.29, 0.717) is 35.6 Å². The van der Waals surface area contributed by atoms with Crippen LogP contribution in [-0.4, -0.2) is 50.3 Å². The van der Waals surface area contributed by atoms with E-state index in [1.165, 1.54) is 12.4 Å². The molecule has 0 unspecified atom stereocenters. The minimum Gasteiger partial charge on any atom is -0.494 e. The van der Waals surface area contributed by atoms with Crippen molar-refractivity contribution >= 4 is 50.6 Å². The molecule has 0 radical (unpaired) electrons. The first-order valence-corrected chi connectivity index (χ1v) is 13.7. The maximum Gasteiger partial charge on any atom is 0.281 e. The number of H-pyrrole nitrogens is 1. The number of aromatic nitrogens is 1. The van der Waals surface area contributed by atoms with Gasteiger partial charge in [-0.15, -0.1) is 0 Å². The monoisotopic (exact) mass is 542 g/mol. The highest BCUT2D eigenvalue weighted by atomic mass is 35.5. The van der Waals surface area contributed by atoms with Crippen LogP contribution in [0.4, 0.5) is 0 Å². The van der Waals surface area contributed by atoms with E-state index in [0.717, 1.165) is 27.8 Å². The standard InChI is InChI=1S/C26H27ClN4O5S/c1-16-12-19(13-17(2)23(16)27)36-10-5-7-21-20-6-3-4-8-22(20)30-24(21)26(33)31-37(34,35)11-9-29-25(32)18-14-28-15-18/h3-4,6,8,12-15,30H,5,7,9-11H2,1-2H3,(H,29,32)(H,31,33). The molecular weight excluding hydrogens is 516 g/mol. The Labute approximate surface area is 220 Å². The van der Waals surface area contributed by atoms with Crippen LogP contribution in [0.1, 0.15) is 33.6 Å². The quantitative estimate of drug-likeness (QED) is 0.319. The Balaban J connectivity index is 1.40. The average molecular weight is 543 g/mol. The summed E-state index contributed by atoms with van der Waals surface area (Å²) in [5, 5.41) is 4.04. The number of aliphatic imine (C=N–C) groups is 1. The second-order valence-electron chi connectivity index (χ2n) is 8.72. The lowest BCUT2D eigenvalue weighted by Crippen LogP contribution is -2.38. The Kier molecular flexibility index (Phi) is 7.99. The Bertz CT molecular complexity index is 1500. The second-order valence-corrected chi connectivity index (χ2v) is 10.9. The molecule has 0 saturated carbocycles. The fourth-order valence-corrected chi connectivity index (χ4v) is 4.96. The number of hydrogen-bond acceptors (Lipinski definition) is 6. The molecule has 0 aliphatic carbocycles. The van der Waals surface area contributed by atoms with Crippen LogP contribution >= 0.6 is 11.6 Å². The number of fused-ring (bicyclic) bond motifs is 1. The van der Waals surface area contributed by atoms with Crippen molar-refractivity contribution in [3.05, 3.63) is 75.6 Å². The van der Waals surface area contributed by atoms with Crippen molar-refractivity contribution in [1.29, 1.82) is 0 Å². The number of carbonyl (C=O) groups excluding carboxylic acids is 2. The number of hydrogen-bond donors (Lipinski definition) is 3. The van der Waals surface area contributed by atoms with Gasteiger partial charge in [0.05, 0.1) is 17.9 Å². The maximum atomic E-state index is 13.0. The van der Waals surface area contributed by atoms with E-state index in [9.17, 15) is 18.0 Å². The van der Waals surface area contributed by atoms with Crippen molar-refractivity contribution in [2.24, 2.45) is 4.99 Å². The number of halogens is 1. The average Bonchev–Trinajstić information content (AvgIpc) is 3.17. The van der Waals surface area contributed by atoms with Gasteiger partial charge in [-0.3, -0.25) is 14.6 Å². The molecule has 0 fully saturated rings. The SMILES string of the molecule is Cc1cc(OCCCc2c(C(=O)NS(=O)(=O)CCNC(=O)C3=CN=C3)[nH]c3ccccc23)cc(C)c1Cl. The topological polar surface area (TPSA) is 130 Å². The number of ether oxygens (including phenoxy) is 1. The summed E-state index contributed by atoms with van der Waals surface area (Å²) < 4.78 is 33.0. The van der Waals surface area contributed by atoms with E-state index in [-0.39, 0.29) is 12.2 Å². The van der Waals surface area contributed by atoms with Crippen molar-refractivity contribution in [3.63, 3.8) is 0 Å². The zero-order valence-electron chi connectivity index (χ0n) is 20.4. The lowest BCUT2D eigenvalue weighted by Gasteiger charge is -2.11.